The Kier molecular flexibility index (Phi) is 2.58. The number of hydrazone groups is 1. The molecule has 20 heavy (non-hydrogen) atoms. The molecule has 100 valence electrons. The minimum atomic E-state index is 0.434. The van der Waals surface area contributed by atoms with Crippen LogP contribution in [0, 0.1) is 0 Å². The molecule has 2 heterocycles. The molecule has 0 unspecified atom stereocenters. The van der Waals surface area contributed by atoms with Crippen molar-refractivity contribution in [2.75, 3.05) is 5.43 Å². The van der Waals surface area contributed by atoms with Crippen molar-refractivity contribution in [3.8, 4) is 0 Å². The highest BCUT2D eigenvalue weighted by molar-refractivity contribution is 6.03. The zero-order chi connectivity index (χ0) is 13.4. The van der Waals surface area contributed by atoms with Crippen LogP contribution >= 0.6 is 0 Å². The standard InChI is InChI=1S/C14H14N6/c1-2-6-9(5-1)17-19-14-16-13-12(18-20-14)10-7-3-4-8-11(10)15-13/h3-4,7-8H,1-2,5-6H2,(H2,15,16,19,20). The summed E-state index contributed by atoms with van der Waals surface area (Å²) in [6.07, 6.45) is 4.57. The van der Waals surface area contributed by atoms with Gasteiger partial charge < -0.3 is 4.98 Å². The summed E-state index contributed by atoms with van der Waals surface area (Å²) in [5, 5.41) is 13.7. The number of anilines is 1. The van der Waals surface area contributed by atoms with Crippen molar-refractivity contribution in [2.45, 2.75) is 25.7 Å². The Morgan fingerprint density at radius 3 is 2.85 bits per heavy atom. The summed E-state index contributed by atoms with van der Waals surface area (Å²) in [6, 6.07) is 7.98. The molecule has 0 bridgehead atoms. The summed E-state index contributed by atoms with van der Waals surface area (Å²) in [5.41, 5.74) is 6.63. The molecule has 2 aromatic heterocycles. The summed E-state index contributed by atoms with van der Waals surface area (Å²) in [5.74, 6) is 0.434. The highest BCUT2D eigenvalue weighted by Gasteiger charge is 2.10. The van der Waals surface area contributed by atoms with Gasteiger partial charge in [-0.25, -0.2) is 5.43 Å². The molecule has 1 fully saturated rings. The minimum Gasteiger partial charge on any atom is -0.338 e. The Hall–Kier alpha value is -2.50. The van der Waals surface area contributed by atoms with Gasteiger partial charge in [-0.2, -0.15) is 10.1 Å². The van der Waals surface area contributed by atoms with Crippen molar-refractivity contribution in [2.24, 2.45) is 5.10 Å². The molecule has 1 aromatic carbocycles. The lowest BCUT2D eigenvalue weighted by atomic mass is 10.2. The fourth-order valence-corrected chi connectivity index (χ4v) is 2.59. The van der Waals surface area contributed by atoms with Crippen molar-refractivity contribution in [3.05, 3.63) is 24.3 Å². The summed E-state index contributed by atoms with van der Waals surface area (Å²) in [6.45, 7) is 0. The van der Waals surface area contributed by atoms with E-state index in [9.17, 15) is 0 Å². The third kappa shape index (κ3) is 1.89. The molecule has 1 aliphatic rings. The third-order valence-corrected chi connectivity index (χ3v) is 3.62. The van der Waals surface area contributed by atoms with Crippen LogP contribution in [-0.2, 0) is 0 Å². The van der Waals surface area contributed by atoms with Gasteiger partial charge in [-0.05, 0) is 31.7 Å². The monoisotopic (exact) mass is 266 g/mol. The molecule has 1 saturated carbocycles. The highest BCUT2D eigenvalue weighted by Crippen LogP contribution is 2.22. The molecule has 4 rings (SSSR count). The fourth-order valence-electron chi connectivity index (χ4n) is 2.59. The zero-order valence-corrected chi connectivity index (χ0v) is 10.9. The number of para-hydroxylation sites is 1. The average Bonchev–Trinajstić information content (AvgIpc) is 3.12. The lowest BCUT2D eigenvalue weighted by Crippen LogP contribution is -2.01. The highest BCUT2D eigenvalue weighted by atomic mass is 15.4. The van der Waals surface area contributed by atoms with Crippen LogP contribution in [0.3, 0.4) is 0 Å². The Morgan fingerprint density at radius 2 is 1.95 bits per heavy atom. The summed E-state index contributed by atoms with van der Waals surface area (Å²) >= 11 is 0. The molecule has 0 radical (unpaired) electrons. The van der Waals surface area contributed by atoms with Gasteiger partial charge in [-0.15, -0.1) is 10.2 Å². The number of hydrogen-bond donors (Lipinski definition) is 2. The lowest BCUT2D eigenvalue weighted by molar-refractivity contribution is 0.886. The first-order valence-corrected chi connectivity index (χ1v) is 6.83. The number of aromatic nitrogens is 4. The number of benzene rings is 1. The van der Waals surface area contributed by atoms with Crippen LogP contribution in [0.1, 0.15) is 25.7 Å². The number of H-pyrrole nitrogens is 1. The second kappa shape index (κ2) is 4.56. The maximum atomic E-state index is 4.43. The van der Waals surface area contributed by atoms with E-state index in [0.29, 0.717) is 5.95 Å². The van der Waals surface area contributed by atoms with Gasteiger partial charge in [0.25, 0.3) is 5.95 Å². The Balaban J connectivity index is 1.71. The lowest BCUT2D eigenvalue weighted by Gasteiger charge is -1.99. The van der Waals surface area contributed by atoms with E-state index < -0.39 is 0 Å². The second-order valence-corrected chi connectivity index (χ2v) is 5.00. The topological polar surface area (TPSA) is 78.9 Å². The predicted octanol–water partition coefficient (Wildman–Crippen LogP) is 2.85. The van der Waals surface area contributed by atoms with Crippen molar-refractivity contribution >= 4 is 33.7 Å². The van der Waals surface area contributed by atoms with Gasteiger partial charge in [0.05, 0.1) is 0 Å². The molecule has 3 aromatic rings. The molecule has 0 atom stereocenters. The predicted molar refractivity (Wildman–Crippen MR) is 78.7 cm³/mol. The van der Waals surface area contributed by atoms with Crippen LogP contribution < -0.4 is 5.43 Å². The van der Waals surface area contributed by atoms with Crippen molar-refractivity contribution in [1.82, 2.24) is 20.2 Å². The largest absolute Gasteiger partial charge is 0.338 e. The first-order valence-electron chi connectivity index (χ1n) is 6.83. The van der Waals surface area contributed by atoms with Crippen molar-refractivity contribution in [3.63, 3.8) is 0 Å². The number of nitrogens with one attached hydrogen (secondary N) is 2. The molecule has 2 N–H and O–H groups in total. The Labute approximate surface area is 115 Å². The first-order chi connectivity index (χ1) is 9.90. The van der Waals surface area contributed by atoms with Gasteiger partial charge in [0.2, 0.25) is 0 Å². The first kappa shape index (κ1) is 11.3. The van der Waals surface area contributed by atoms with Crippen LogP contribution in [-0.4, -0.2) is 25.9 Å². The molecule has 6 nitrogen and oxygen atoms in total. The summed E-state index contributed by atoms with van der Waals surface area (Å²) < 4.78 is 0. The second-order valence-electron chi connectivity index (χ2n) is 5.00. The molecule has 0 aliphatic heterocycles. The van der Waals surface area contributed by atoms with Crippen LogP contribution in [0.4, 0.5) is 5.95 Å². The van der Waals surface area contributed by atoms with Gasteiger partial charge >= 0.3 is 0 Å². The number of hydrogen-bond acceptors (Lipinski definition) is 5. The molecule has 0 amide bonds. The molecule has 6 heteroatoms. The number of fused-ring (bicyclic) bond motifs is 3. The van der Waals surface area contributed by atoms with Gasteiger partial charge in [-0.1, -0.05) is 18.2 Å². The van der Waals surface area contributed by atoms with Gasteiger partial charge in [0.15, 0.2) is 5.65 Å². The third-order valence-electron chi connectivity index (χ3n) is 3.62. The smallest absolute Gasteiger partial charge is 0.265 e. The minimum absolute atomic E-state index is 0.434. The van der Waals surface area contributed by atoms with E-state index in [1.807, 2.05) is 24.3 Å². The molecule has 1 aliphatic carbocycles. The van der Waals surface area contributed by atoms with Crippen LogP contribution in [0.2, 0.25) is 0 Å². The SMILES string of the molecule is c1ccc2c(c1)[nH]c1nc(NN=C3CCCC3)nnc12. The van der Waals surface area contributed by atoms with Crippen LogP contribution in [0.25, 0.3) is 22.1 Å². The fraction of sp³-hybridized carbons (Fsp3) is 0.286. The zero-order valence-electron chi connectivity index (χ0n) is 10.9. The van der Waals surface area contributed by atoms with Crippen LogP contribution in [0.15, 0.2) is 29.4 Å². The van der Waals surface area contributed by atoms with E-state index in [1.165, 1.54) is 18.6 Å². The Bertz CT molecular complexity index is 796. The molecule has 0 saturated heterocycles. The van der Waals surface area contributed by atoms with E-state index in [1.54, 1.807) is 0 Å². The molecule has 0 spiro atoms. The summed E-state index contributed by atoms with van der Waals surface area (Å²) in [4.78, 5) is 7.67. The van der Waals surface area contributed by atoms with Gasteiger partial charge in [0, 0.05) is 16.6 Å². The Morgan fingerprint density at radius 1 is 1.10 bits per heavy atom. The van der Waals surface area contributed by atoms with Crippen molar-refractivity contribution in [1.29, 1.82) is 0 Å². The quantitative estimate of drug-likeness (QED) is 0.699. The van der Waals surface area contributed by atoms with Crippen LogP contribution in [0.5, 0.6) is 0 Å². The maximum absolute atomic E-state index is 4.43. The number of aromatic amines is 1. The average molecular weight is 266 g/mol. The van der Waals surface area contributed by atoms with Gasteiger partial charge in [0.1, 0.15) is 5.52 Å². The number of rotatable bonds is 2. The van der Waals surface area contributed by atoms with Crippen molar-refractivity contribution < 1.29 is 0 Å². The number of nitrogens with zero attached hydrogens (tertiary/aromatic N) is 4. The van der Waals surface area contributed by atoms with Gasteiger partial charge in [-0.3, -0.25) is 0 Å². The molecular weight excluding hydrogens is 252 g/mol. The normalized spacial score (nSPS) is 15.1. The molecular formula is C14H14N6. The summed E-state index contributed by atoms with van der Waals surface area (Å²) in [7, 11) is 0. The maximum Gasteiger partial charge on any atom is 0.265 e. The van der Waals surface area contributed by atoms with E-state index in [4.69, 9.17) is 0 Å². The van der Waals surface area contributed by atoms with E-state index in [2.05, 4.69) is 30.7 Å². The van der Waals surface area contributed by atoms with E-state index >= 15 is 0 Å². The van der Waals surface area contributed by atoms with E-state index in [-0.39, 0.29) is 0 Å². The van der Waals surface area contributed by atoms with E-state index in [0.717, 1.165) is 34.9 Å².